The number of ether oxygens (including phenoxy) is 3. The van der Waals surface area contributed by atoms with Crippen LogP contribution in [0.5, 0.6) is 0 Å². The predicted molar refractivity (Wildman–Crippen MR) is 362 cm³/mol. The van der Waals surface area contributed by atoms with E-state index in [0.717, 1.165) is 83.5 Å². The SMILES string of the molecule is CC/C=C\C/C=C\C/C=C\C/C=C\CCCCCCCCCCCCCCCCC(=O)OCC(COC(=O)CCCCCCCCCCCCCCCCCCC)OC(=O)CCCCCCCCCCCCCCCCCCCCCCC. The lowest BCUT2D eigenvalue weighted by Crippen LogP contribution is -2.30. The van der Waals surface area contributed by atoms with E-state index in [-0.39, 0.29) is 31.1 Å². The van der Waals surface area contributed by atoms with Crippen molar-refractivity contribution >= 4 is 17.9 Å². The summed E-state index contributed by atoms with van der Waals surface area (Å²) in [5.41, 5.74) is 0. The second-order valence-electron chi connectivity index (χ2n) is 25.2. The van der Waals surface area contributed by atoms with Gasteiger partial charge in [-0.15, -0.1) is 0 Å². The zero-order valence-corrected chi connectivity index (χ0v) is 56.0. The summed E-state index contributed by atoms with van der Waals surface area (Å²) >= 11 is 0. The molecule has 0 saturated carbocycles. The minimum atomic E-state index is -0.770. The second-order valence-corrected chi connectivity index (χ2v) is 25.2. The average molecular weight is 1160 g/mol. The van der Waals surface area contributed by atoms with Crippen LogP contribution in [0, 0.1) is 0 Å². The van der Waals surface area contributed by atoms with Gasteiger partial charge in [0.05, 0.1) is 0 Å². The lowest BCUT2D eigenvalue weighted by molar-refractivity contribution is -0.167. The second kappa shape index (κ2) is 71.8. The van der Waals surface area contributed by atoms with Gasteiger partial charge in [0.1, 0.15) is 13.2 Å². The molecule has 0 aliphatic carbocycles. The molecule has 0 saturated heterocycles. The fraction of sp³-hybridized carbons (Fsp3) is 0.857. The fourth-order valence-electron chi connectivity index (χ4n) is 11.3. The first-order chi connectivity index (χ1) is 41.0. The predicted octanol–water partition coefficient (Wildman–Crippen LogP) is 25.7. The van der Waals surface area contributed by atoms with Crippen molar-refractivity contribution in [1.82, 2.24) is 0 Å². The maximum atomic E-state index is 13.0. The first kappa shape index (κ1) is 80.4. The number of hydrogen-bond acceptors (Lipinski definition) is 6. The van der Waals surface area contributed by atoms with Crippen molar-refractivity contribution in [3.8, 4) is 0 Å². The summed E-state index contributed by atoms with van der Waals surface area (Å²) in [6, 6.07) is 0. The molecule has 0 bridgehead atoms. The highest BCUT2D eigenvalue weighted by Crippen LogP contribution is 2.19. The molecule has 0 rings (SSSR count). The summed E-state index contributed by atoms with van der Waals surface area (Å²) < 4.78 is 17.0. The number of allylic oxidation sites excluding steroid dienone is 8. The smallest absolute Gasteiger partial charge is 0.306 e. The van der Waals surface area contributed by atoms with Crippen molar-refractivity contribution < 1.29 is 28.6 Å². The molecule has 0 radical (unpaired) electrons. The zero-order chi connectivity index (χ0) is 59.9. The van der Waals surface area contributed by atoms with E-state index >= 15 is 0 Å². The third kappa shape index (κ3) is 70.0. The molecule has 6 heteroatoms. The molecule has 83 heavy (non-hydrogen) atoms. The van der Waals surface area contributed by atoms with Crippen LogP contribution in [0.25, 0.3) is 0 Å². The van der Waals surface area contributed by atoms with Crippen LogP contribution in [0.3, 0.4) is 0 Å². The van der Waals surface area contributed by atoms with Crippen LogP contribution in [0.2, 0.25) is 0 Å². The Balaban J connectivity index is 4.27. The Morgan fingerprint density at radius 2 is 0.470 bits per heavy atom. The molecule has 6 nitrogen and oxygen atoms in total. The molecule has 0 spiro atoms. The van der Waals surface area contributed by atoms with Gasteiger partial charge in [0.2, 0.25) is 0 Å². The van der Waals surface area contributed by atoms with Gasteiger partial charge >= 0.3 is 17.9 Å². The number of carbonyl (C=O) groups is 3. The third-order valence-corrected chi connectivity index (χ3v) is 16.8. The molecule has 0 heterocycles. The van der Waals surface area contributed by atoms with Crippen LogP contribution in [-0.4, -0.2) is 37.2 Å². The van der Waals surface area contributed by atoms with Gasteiger partial charge in [-0.05, 0) is 57.8 Å². The minimum absolute atomic E-state index is 0.0656. The lowest BCUT2D eigenvalue weighted by atomic mass is 10.0. The molecule has 0 aromatic heterocycles. The summed E-state index contributed by atoms with van der Waals surface area (Å²) in [4.78, 5) is 38.5. The van der Waals surface area contributed by atoms with Gasteiger partial charge in [0.25, 0.3) is 0 Å². The van der Waals surface area contributed by atoms with E-state index < -0.39 is 6.10 Å². The van der Waals surface area contributed by atoms with Gasteiger partial charge in [-0.2, -0.15) is 0 Å². The summed E-state index contributed by atoms with van der Waals surface area (Å²) in [6.45, 7) is 6.62. The summed E-state index contributed by atoms with van der Waals surface area (Å²) in [5.74, 6) is -0.831. The van der Waals surface area contributed by atoms with Crippen LogP contribution in [0.1, 0.15) is 406 Å². The normalized spacial score (nSPS) is 12.3. The van der Waals surface area contributed by atoms with Crippen molar-refractivity contribution in [2.75, 3.05) is 13.2 Å². The van der Waals surface area contributed by atoms with Gasteiger partial charge in [-0.25, -0.2) is 0 Å². The Labute approximate surface area is 518 Å². The maximum absolute atomic E-state index is 13.0. The molecule has 0 aliphatic rings. The van der Waals surface area contributed by atoms with E-state index in [1.165, 1.54) is 283 Å². The monoisotopic (exact) mass is 1160 g/mol. The van der Waals surface area contributed by atoms with Gasteiger partial charge in [0.15, 0.2) is 6.10 Å². The van der Waals surface area contributed by atoms with E-state index in [1.807, 2.05) is 0 Å². The molecule has 0 aromatic carbocycles. The van der Waals surface area contributed by atoms with Crippen molar-refractivity contribution in [2.45, 2.75) is 412 Å². The molecule has 1 unspecified atom stereocenters. The zero-order valence-electron chi connectivity index (χ0n) is 56.0. The van der Waals surface area contributed by atoms with Gasteiger partial charge < -0.3 is 14.2 Å². The van der Waals surface area contributed by atoms with E-state index in [4.69, 9.17) is 14.2 Å². The Bertz CT molecular complexity index is 1430. The van der Waals surface area contributed by atoms with Crippen LogP contribution >= 0.6 is 0 Å². The van der Waals surface area contributed by atoms with Crippen LogP contribution in [0.4, 0.5) is 0 Å². The van der Waals surface area contributed by atoms with E-state index in [1.54, 1.807) is 0 Å². The molecule has 0 aromatic rings. The molecule has 0 fully saturated rings. The van der Waals surface area contributed by atoms with E-state index in [9.17, 15) is 14.4 Å². The number of hydrogen-bond donors (Lipinski definition) is 0. The van der Waals surface area contributed by atoms with Crippen LogP contribution in [0.15, 0.2) is 48.6 Å². The minimum Gasteiger partial charge on any atom is -0.462 e. The van der Waals surface area contributed by atoms with Crippen molar-refractivity contribution in [2.24, 2.45) is 0 Å². The highest BCUT2D eigenvalue weighted by atomic mass is 16.6. The van der Waals surface area contributed by atoms with Gasteiger partial charge in [0, 0.05) is 19.3 Å². The van der Waals surface area contributed by atoms with Crippen molar-refractivity contribution in [3.63, 3.8) is 0 Å². The lowest BCUT2D eigenvalue weighted by Gasteiger charge is -2.18. The number of carbonyl (C=O) groups excluding carboxylic acids is 3. The standard InChI is InChI=1S/C77H142O6/c1-4-7-10-13-16-19-22-25-28-31-33-35-36-37-38-39-40-42-43-46-49-52-55-58-61-64-67-70-76(79)82-73-74(72-81-75(78)69-66-63-60-57-54-51-48-45-30-27-24-21-18-15-12-9-6-3)83-77(80)71-68-65-62-59-56-53-50-47-44-41-34-32-29-26-23-20-17-14-11-8-5-2/h7,10,16,19,25,28,33,35,74H,4-6,8-9,11-15,17-18,20-24,26-27,29-32,34,36-73H2,1-3H3/b10-7-,19-16-,28-25-,35-33-. The highest BCUT2D eigenvalue weighted by molar-refractivity contribution is 5.71. The molecule has 0 aliphatic heterocycles. The molecule has 0 N–H and O–H groups in total. The van der Waals surface area contributed by atoms with Crippen molar-refractivity contribution in [1.29, 1.82) is 0 Å². The van der Waals surface area contributed by atoms with Gasteiger partial charge in [-0.1, -0.05) is 378 Å². The topological polar surface area (TPSA) is 78.9 Å². The quantitative estimate of drug-likeness (QED) is 0.0261. The van der Waals surface area contributed by atoms with Gasteiger partial charge in [-0.3, -0.25) is 14.4 Å². The summed E-state index contributed by atoms with van der Waals surface area (Å²) in [6.07, 6.45) is 91.5. The number of rotatable bonds is 69. The molecular formula is C77H142O6. The third-order valence-electron chi connectivity index (χ3n) is 16.8. The first-order valence-electron chi connectivity index (χ1n) is 37.1. The Kier molecular flexibility index (Phi) is 69.6. The van der Waals surface area contributed by atoms with E-state index in [0.29, 0.717) is 19.3 Å². The molecule has 1 atom stereocenters. The molecule has 486 valence electrons. The van der Waals surface area contributed by atoms with Crippen LogP contribution < -0.4 is 0 Å². The van der Waals surface area contributed by atoms with Crippen molar-refractivity contribution in [3.05, 3.63) is 48.6 Å². The van der Waals surface area contributed by atoms with Crippen LogP contribution in [-0.2, 0) is 28.6 Å². The maximum Gasteiger partial charge on any atom is 0.306 e. The first-order valence-corrected chi connectivity index (χ1v) is 37.1. The Morgan fingerprint density at radius 3 is 0.735 bits per heavy atom. The largest absolute Gasteiger partial charge is 0.462 e. The Morgan fingerprint density at radius 1 is 0.253 bits per heavy atom. The average Bonchev–Trinajstić information content (AvgIpc) is 3.49. The summed E-state index contributed by atoms with van der Waals surface area (Å²) in [5, 5.41) is 0. The number of unbranched alkanes of at least 4 members (excludes halogenated alkanes) is 50. The summed E-state index contributed by atoms with van der Waals surface area (Å²) in [7, 11) is 0. The number of esters is 3. The Hall–Kier alpha value is -2.63. The molecule has 0 amide bonds. The highest BCUT2D eigenvalue weighted by Gasteiger charge is 2.20. The van der Waals surface area contributed by atoms with E-state index in [2.05, 4.69) is 69.4 Å². The molecular weight excluding hydrogens is 1020 g/mol. The fourth-order valence-corrected chi connectivity index (χ4v) is 11.3.